The lowest BCUT2D eigenvalue weighted by Gasteiger charge is -2.38. The Kier molecular flexibility index (Phi) is 4.27. The van der Waals surface area contributed by atoms with Gasteiger partial charge in [-0.05, 0) is 31.2 Å². The maximum atomic E-state index is 11.5. The van der Waals surface area contributed by atoms with Gasteiger partial charge in [0, 0.05) is 31.9 Å². The minimum absolute atomic E-state index is 0.182. The number of carbonyl (C=O) groups excluding carboxylic acids is 1. The van der Waals surface area contributed by atoms with Crippen LogP contribution < -0.4 is 4.90 Å². The highest BCUT2D eigenvalue weighted by Crippen LogP contribution is 2.20. The van der Waals surface area contributed by atoms with Crippen molar-refractivity contribution in [2.24, 2.45) is 0 Å². The number of benzene rings is 1. The molecule has 1 aliphatic rings. The number of phenolic OH excluding ortho intramolecular Hbond substituents is 1. The van der Waals surface area contributed by atoms with Gasteiger partial charge in [-0.3, -0.25) is 9.69 Å². The first kappa shape index (κ1) is 13.7. The molecule has 1 heterocycles. The van der Waals surface area contributed by atoms with E-state index in [0.717, 1.165) is 31.9 Å². The van der Waals surface area contributed by atoms with Crippen molar-refractivity contribution < 1.29 is 14.6 Å². The fraction of sp³-hybridized carbons (Fsp3) is 0.500. The lowest BCUT2D eigenvalue weighted by Crippen LogP contribution is -2.52. The molecule has 0 saturated carbocycles. The van der Waals surface area contributed by atoms with Crippen LogP contribution in [0.15, 0.2) is 24.3 Å². The van der Waals surface area contributed by atoms with Gasteiger partial charge < -0.3 is 14.7 Å². The first-order valence-corrected chi connectivity index (χ1v) is 6.47. The summed E-state index contributed by atoms with van der Waals surface area (Å²) < 4.78 is 4.77. The van der Waals surface area contributed by atoms with Gasteiger partial charge in [0.15, 0.2) is 0 Å². The zero-order valence-electron chi connectivity index (χ0n) is 11.4. The molecule has 1 aliphatic heterocycles. The maximum absolute atomic E-state index is 11.5. The Bertz CT molecular complexity index is 425. The third-order valence-electron chi connectivity index (χ3n) is 3.62. The predicted molar refractivity (Wildman–Crippen MR) is 73.4 cm³/mol. The van der Waals surface area contributed by atoms with Crippen molar-refractivity contribution in [3.8, 4) is 5.75 Å². The number of aromatic hydroxyl groups is 1. The summed E-state index contributed by atoms with van der Waals surface area (Å²) in [4.78, 5) is 15.9. The van der Waals surface area contributed by atoms with E-state index in [0.29, 0.717) is 0 Å². The molecule has 0 unspecified atom stereocenters. The smallest absolute Gasteiger partial charge is 0.322 e. The Morgan fingerprint density at radius 3 is 2.32 bits per heavy atom. The largest absolute Gasteiger partial charge is 0.508 e. The fourth-order valence-electron chi connectivity index (χ4n) is 2.35. The summed E-state index contributed by atoms with van der Waals surface area (Å²) in [6.45, 7) is 5.27. The number of hydrogen-bond acceptors (Lipinski definition) is 5. The Balaban J connectivity index is 1.92. The zero-order valence-corrected chi connectivity index (χ0v) is 11.4. The third-order valence-corrected chi connectivity index (χ3v) is 3.62. The highest BCUT2D eigenvalue weighted by atomic mass is 16.5. The molecule has 1 N–H and O–H groups in total. The molecule has 0 amide bonds. The third kappa shape index (κ3) is 3.17. The Hall–Kier alpha value is -1.75. The highest BCUT2D eigenvalue weighted by Gasteiger charge is 2.25. The number of esters is 1. The van der Waals surface area contributed by atoms with Crippen LogP contribution in [-0.2, 0) is 9.53 Å². The molecule has 0 spiro atoms. The number of piperazine rings is 1. The highest BCUT2D eigenvalue weighted by molar-refractivity contribution is 5.75. The van der Waals surface area contributed by atoms with Gasteiger partial charge in [0.1, 0.15) is 11.8 Å². The number of ether oxygens (including phenoxy) is 1. The van der Waals surface area contributed by atoms with E-state index in [9.17, 15) is 9.90 Å². The van der Waals surface area contributed by atoms with Crippen molar-refractivity contribution in [2.75, 3.05) is 38.2 Å². The van der Waals surface area contributed by atoms with Gasteiger partial charge in [-0.2, -0.15) is 0 Å². The summed E-state index contributed by atoms with van der Waals surface area (Å²) in [5.74, 6) is 0.0970. The zero-order chi connectivity index (χ0) is 13.8. The second-order valence-corrected chi connectivity index (χ2v) is 4.74. The molecule has 19 heavy (non-hydrogen) atoms. The van der Waals surface area contributed by atoms with Gasteiger partial charge in [0.05, 0.1) is 7.11 Å². The second-order valence-electron chi connectivity index (χ2n) is 4.74. The molecule has 104 valence electrons. The lowest BCUT2D eigenvalue weighted by atomic mass is 10.2. The molecular formula is C14H20N2O3. The average Bonchev–Trinajstić information content (AvgIpc) is 2.46. The molecule has 1 fully saturated rings. The number of phenols is 1. The van der Waals surface area contributed by atoms with Crippen molar-refractivity contribution in [1.29, 1.82) is 0 Å². The molecule has 1 aromatic rings. The molecule has 2 rings (SSSR count). The van der Waals surface area contributed by atoms with Gasteiger partial charge in [-0.15, -0.1) is 0 Å². The van der Waals surface area contributed by atoms with Gasteiger partial charge in [0.2, 0.25) is 0 Å². The van der Waals surface area contributed by atoms with Crippen LogP contribution in [0.2, 0.25) is 0 Å². The van der Waals surface area contributed by atoms with Crippen molar-refractivity contribution >= 4 is 11.7 Å². The second kappa shape index (κ2) is 5.93. The van der Waals surface area contributed by atoms with Crippen LogP contribution in [0.5, 0.6) is 5.75 Å². The molecule has 0 aliphatic carbocycles. The summed E-state index contributed by atoms with van der Waals surface area (Å²) in [5.41, 5.74) is 1.10. The molecular weight excluding hydrogens is 244 g/mol. The van der Waals surface area contributed by atoms with Crippen LogP contribution in [0.25, 0.3) is 0 Å². The van der Waals surface area contributed by atoms with E-state index >= 15 is 0 Å². The Labute approximate surface area is 113 Å². The van der Waals surface area contributed by atoms with E-state index in [1.807, 2.05) is 19.1 Å². The molecule has 1 aromatic carbocycles. The summed E-state index contributed by atoms with van der Waals surface area (Å²) in [7, 11) is 1.42. The molecule has 0 radical (unpaired) electrons. The number of hydrogen-bond donors (Lipinski definition) is 1. The summed E-state index contributed by atoms with van der Waals surface area (Å²) in [6.07, 6.45) is 0. The number of rotatable bonds is 3. The van der Waals surface area contributed by atoms with Crippen molar-refractivity contribution in [3.63, 3.8) is 0 Å². The minimum atomic E-state index is -0.188. The average molecular weight is 264 g/mol. The number of methoxy groups -OCH3 is 1. The molecule has 5 heteroatoms. The van der Waals surface area contributed by atoms with Crippen LogP contribution in [0.4, 0.5) is 5.69 Å². The van der Waals surface area contributed by atoms with Gasteiger partial charge in [0.25, 0.3) is 0 Å². The number of carbonyl (C=O) groups is 1. The van der Waals surface area contributed by atoms with Crippen molar-refractivity contribution in [2.45, 2.75) is 13.0 Å². The summed E-state index contributed by atoms with van der Waals surface area (Å²) in [6, 6.07) is 7.02. The van der Waals surface area contributed by atoms with Crippen LogP contribution in [0.3, 0.4) is 0 Å². The first-order chi connectivity index (χ1) is 9.11. The molecule has 1 atom stereocenters. The summed E-state index contributed by atoms with van der Waals surface area (Å²) >= 11 is 0. The maximum Gasteiger partial charge on any atom is 0.322 e. The van der Waals surface area contributed by atoms with E-state index < -0.39 is 0 Å². The topological polar surface area (TPSA) is 53.0 Å². The molecule has 5 nitrogen and oxygen atoms in total. The molecule has 1 saturated heterocycles. The van der Waals surface area contributed by atoms with Gasteiger partial charge in [-0.1, -0.05) is 0 Å². The standard InChI is InChI=1S/C14H20N2O3/c1-11(14(18)19-2)15-7-9-16(10-8-15)12-3-5-13(17)6-4-12/h3-6,11,17H,7-10H2,1-2H3/t11-/m0/s1. The number of nitrogens with zero attached hydrogens (tertiary/aromatic N) is 2. The first-order valence-electron chi connectivity index (χ1n) is 6.47. The summed E-state index contributed by atoms with van der Waals surface area (Å²) in [5, 5.41) is 9.28. The van der Waals surface area contributed by atoms with Gasteiger partial charge in [-0.25, -0.2) is 0 Å². The van der Waals surface area contributed by atoms with E-state index in [-0.39, 0.29) is 17.8 Å². The minimum Gasteiger partial charge on any atom is -0.508 e. The van der Waals surface area contributed by atoms with Crippen LogP contribution in [0.1, 0.15) is 6.92 Å². The van der Waals surface area contributed by atoms with Crippen LogP contribution in [-0.4, -0.2) is 55.3 Å². The number of anilines is 1. The van der Waals surface area contributed by atoms with E-state index in [2.05, 4.69) is 9.80 Å². The lowest BCUT2D eigenvalue weighted by molar-refractivity contribution is -0.146. The fourth-order valence-corrected chi connectivity index (χ4v) is 2.35. The van der Waals surface area contributed by atoms with E-state index in [1.54, 1.807) is 12.1 Å². The predicted octanol–water partition coefficient (Wildman–Crippen LogP) is 1.08. The van der Waals surface area contributed by atoms with E-state index in [1.165, 1.54) is 7.11 Å². The van der Waals surface area contributed by atoms with E-state index in [4.69, 9.17) is 4.74 Å². The normalized spacial score (nSPS) is 18.1. The SMILES string of the molecule is COC(=O)[C@H](C)N1CCN(c2ccc(O)cc2)CC1. The van der Waals surface area contributed by atoms with Crippen molar-refractivity contribution in [1.82, 2.24) is 4.90 Å². The van der Waals surface area contributed by atoms with Crippen LogP contribution in [0, 0.1) is 0 Å². The molecule has 0 bridgehead atoms. The van der Waals surface area contributed by atoms with Crippen LogP contribution >= 0.6 is 0 Å². The molecule has 0 aromatic heterocycles. The Morgan fingerprint density at radius 1 is 1.21 bits per heavy atom. The monoisotopic (exact) mass is 264 g/mol. The van der Waals surface area contributed by atoms with Gasteiger partial charge >= 0.3 is 5.97 Å². The van der Waals surface area contributed by atoms with Crippen molar-refractivity contribution in [3.05, 3.63) is 24.3 Å². The quantitative estimate of drug-likeness (QED) is 0.828. The Morgan fingerprint density at radius 2 is 1.79 bits per heavy atom.